The van der Waals surface area contributed by atoms with Gasteiger partial charge >= 0.3 is 0 Å². The zero-order chi connectivity index (χ0) is 17.9. The van der Waals surface area contributed by atoms with Gasteiger partial charge in [0, 0.05) is 18.0 Å². The lowest BCUT2D eigenvalue weighted by atomic mass is 9.80. The van der Waals surface area contributed by atoms with Crippen molar-refractivity contribution in [1.29, 1.82) is 0 Å². The van der Waals surface area contributed by atoms with Gasteiger partial charge in [-0.3, -0.25) is 0 Å². The van der Waals surface area contributed by atoms with Crippen molar-refractivity contribution in [1.82, 2.24) is 4.90 Å². The first-order chi connectivity index (χ1) is 12.1. The summed E-state index contributed by atoms with van der Waals surface area (Å²) in [4.78, 5) is 2.15. The summed E-state index contributed by atoms with van der Waals surface area (Å²) in [6, 6.07) is 18.1. The maximum absolute atomic E-state index is 11.9. The molecule has 1 N–H and O–H groups in total. The van der Waals surface area contributed by atoms with E-state index in [1.165, 1.54) is 0 Å². The first-order valence-electron chi connectivity index (χ1n) is 8.82. The second-order valence-electron chi connectivity index (χ2n) is 7.04. The Hall–Kier alpha value is -2.10. The summed E-state index contributed by atoms with van der Waals surface area (Å²) < 4.78 is 5.57. The average Bonchev–Trinajstić information content (AvgIpc) is 2.92. The maximum atomic E-state index is 11.9. The fraction of sp³-hybridized carbons (Fsp3) is 0.364. The molecule has 3 rings (SSSR count). The third-order valence-corrected chi connectivity index (χ3v) is 5.09. The van der Waals surface area contributed by atoms with Gasteiger partial charge in [0.2, 0.25) is 0 Å². The molecule has 0 bridgehead atoms. The zero-order valence-electron chi connectivity index (χ0n) is 15.3. The van der Waals surface area contributed by atoms with E-state index < -0.39 is 5.60 Å². The third kappa shape index (κ3) is 3.48. The Bertz CT molecular complexity index is 739. The van der Waals surface area contributed by atoms with Crippen molar-refractivity contribution in [2.75, 3.05) is 27.7 Å². The van der Waals surface area contributed by atoms with E-state index in [0.29, 0.717) is 0 Å². The van der Waals surface area contributed by atoms with Crippen molar-refractivity contribution in [3.63, 3.8) is 0 Å². The van der Waals surface area contributed by atoms with Gasteiger partial charge in [0.25, 0.3) is 0 Å². The van der Waals surface area contributed by atoms with E-state index in [1.54, 1.807) is 7.11 Å². The second-order valence-corrected chi connectivity index (χ2v) is 7.04. The van der Waals surface area contributed by atoms with Crippen LogP contribution in [0.2, 0.25) is 0 Å². The minimum absolute atomic E-state index is 0.133. The summed E-state index contributed by atoms with van der Waals surface area (Å²) in [5, 5.41) is 11.9. The summed E-state index contributed by atoms with van der Waals surface area (Å²) in [5.41, 5.74) is 2.04. The van der Waals surface area contributed by atoms with Gasteiger partial charge < -0.3 is 14.7 Å². The molecule has 0 radical (unpaired) electrons. The van der Waals surface area contributed by atoms with Gasteiger partial charge in [-0.2, -0.15) is 0 Å². The van der Waals surface area contributed by atoms with Crippen LogP contribution in [0.4, 0.5) is 0 Å². The Morgan fingerprint density at radius 1 is 1.12 bits per heavy atom. The number of rotatable bonds is 5. The molecule has 0 amide bonds. The zero-order valence-corrected chi connectivity index (χ0v) is 15.3. The van der Waals surface area contributed by atoms with Crippen molar-refractivity contribution in [2.24, 2.45) is 5.92 Å². The smallest absolute Gasteiger partial charge is 0.125 e. The molecule has 3 nitrogen and oxygen atoms in total. The summed E-state index contributed by atoms with van der Waals surface area (Å²) in [6.45, 7) is 0.834. The number of ether oxygens (including phenoxy) is 1. The van der Waals surface area contributed by atoms with Crippen LogP contribution >= 0.6 is 0 Å². The van der Waals surface area contributed by atoms with E-state index in [9.17, 15) is 5.11 Å². The molecular formula is C22H27NO2. The number of para-hydroxylation sites is 1. The molecule has 132 valence electrons. The molecule has 0 heterocycles. The highest BCUT2D eigenvalue weighted by Gasteiger charge is 2.47. The first-order valence-corrected chi connectivity index (χ1v) is 8.82. The highest BCUT2D eigenvalue weighted by Crippen LogP contribution is 2.50. The predicted molar refractivity (Wildman–Crippen MR) is 103 cm³/mol. The van der Waals surface area contributed by atoms with Crippen molar-refractivity contribution >= 4 is 6.08 Å². The highest BCUT2D eigenvalue weighted by molar-refractivity contribution is 5.59. The Kier molecular flexibility index (Phi) is 5.26. The SMILES string of the molecule is COc1ccccc1C1(O)C(=Cc2ccccc2)CCC1CN(C)C. The van der Waals surface area contributed by atoms with Gasteiger partial charge in [-0.25, -0.2) is 0 Å². The average molecular weight is 337 g/mol. The van der Waals surface area contributed by atoms with E-state index in [4.69, 9.17) is 4.74 Å². The number of aliphatic hydroxyl groups is 1. The normalized spacial score (nSPS) is 24.8. The van der Waals surface area contributed by atoms with Crippen LogP contribution in [0.15, 0.2) is 60.2 Å². The molecule has 2 atom stereocenters. The Labute approximate surface area is 150 Å². The first kappa shape index (κ1) is 17.7. The molecule has 2 aromatic carbocycles. The molecule has 2 unspecified atom stereocenters. The van der Waals surface area contributed by atoms with Crippen LogP contribution < -0.4 is 4.74 Å². The summed E-state index contributed by atoms with van der Waals surface area (Å²) in [5.74, 6) is 0.878. The van der Waals surface area contributed by atoms with Gasteiger partial charge in [0.15, 0.2) is 0 Å². The Morgan fingerprint density at radius 2 is 1.80 bits per heavy atom. The second kappa shape index (κ2) is 7.42. The topological polar surface area (TPSA) is 32.7 Å². The molecule has 0 aromatic heterocycles. The molecule has 0 aliphatic heterocycles. The number of hydrogen-bond acceptors (Lipinski definition) is 3. The summed E-state index contributed by atoms with van der Waals surface area (Å²) in [7, 11) is 5.78. The van der Waals surface area contributed by atoms with Gasteiger partial charge in [-0.1, -0.05) is 54.6 Å². The van der Waals surface area contributed by atoms with Crippen molar-refractivity contribution in [3.8, 4) is 5.75 Å². The predicted octanol–water partition coefficient (Wildman–Crippen LogP) is 3.94. The van der Waals surface area contributed by atoms with E-state index >= 15 is 0 Å². The van der Waals surface area contributed by atoms with E-state index in [-0.39, 0.29) is 5.92 Å². The van der Waals surface area contributed by atoms with Crippen LogP contribution in [0.5, 0.6) is 5.75 Å². The fourth-order valence-electron chi connectivity index (χ4n) is 3.94. The minimum Gasteiger partial charge on any atom is -0.496 e. The van der Waals surface area contributed by atoms with Gasteiger partial charge in [-0.05, 0) is 44.1 Å². The number of hydrogen-bond donors (Lipinski definition) is 1. The quantitative estimate of drug-likeness (QED) is 0.897. The van der Waals surface area contributed by atoms with Crippen LogP contribution in [0.3, 0.4) is 0 Å². The molecular weight excluding hydrogens is 310 g/mol. The lowest BCUT2D eigenvalue weighted by Gasteiger charge is -2.35. The van der Waals surface area contributed by atoms with Gasteiger partial charge in [-0.15, -0.1) is 0 Å². The van der Waals surface area contributed by atoms with Crippen LogP contribution in [-0.2, 0) is 5.60 Å². The van der Waals surface area contributed by atoms with Crippen LogP contribution in [-0.4, -0.2) is 37.8 Å². The fourth-order valence-corrected chi connectivity index (χ4v) is 3.94. The van der Waals surface area contributed by atoms with Crippen molar-refractivity contribution in [3.05, 3.63) is 71.3 Å². The largest absolute Gasteiger partial charge is 0.496 e. The van der Waals surface area contributed by atoms with Crippen LogP contribution in [0.25, 0.3) is 6.08 Å². The monoisotopic (exact) mass is 337 g/mol. The molecule has 25 heavy (non-hydrogen) atoms. The molecule has 2 aromatic rings. The lowest BCUT2D eigenvalue weighted by molar-refractivity contribution is 0.0196. The molecule has 1 fully saturated rings. The Morgan fingerprint density at radius 3 is 2.48 bits per heavy atom. The lowest BCUT2D eigenvalue weighted by Crippen LogP contribution is -2.38. The molecule has 1 aliphatic carbocycles. The highest BCUT2D eigenvalue weighted by atomic mass is 16.5. The number of benzene rings is 2. The number of methoxy groups -OCH3 is 1. The molecule has 3 heteroatoms. The molecule has 0 spiro atoms. The Balaban J connectivity index is 2.11. The summed E-state index contributed by atoms with van der Waals surface area (Å²) in [6.07, 6.45) is 4.00. The van der Waals surface area contributed by atoms with Gasteiger partial charge in [0.05, 0.1) is 7.11 Å². The van der Waals surface area contributed by atoms with E-state index in [0.717, 1.165) is 41.8 Å². The van der Waals surface area contributed by atoms with E-state index in [1.807, 2.05) is 42.5 Å². The summed E-state index contributed by atoms with van der Waals surface area (Å²) >= 11 is 0. The molecule has 1 saturated carbocycles. The van der Waals surface area contributed by atoms with Crippen molar-refractivity contribution < 1.29 is 9.84 Å². The maximum Gasteiger partial charge on any atom is 0.125 e. The van der Waals surface area contributed by atoms with Gasteiger partial charge in [0.1, 0.15) is 11.4 Å². The molecule has 0 saturated heterocycles. The number of nitrogens with zero attached hydrogens (tertiary/aromatic N) is 1. The van der Waals surface area contributed by atoms with Crippen molar-refractivity contribution in [2.45, 2.75) is 18.4 Å². The minimum atomic E-state index is -1.01. The third-order valence-electron chi connectivity index (χ3n) is 5.09. The molecule has 1 aliphatic rings. The van der Waals surface area contributed by atoms with E-state index in [2.05, 4.69) is 37.2 Å². The van der Waals surface area contributed by atoms with Crippen LogP contribution in [0, 0.1) is 5.92 Å². The standard InChI is InChI=1S/C22H27NO2/c1-23(2)16-19-14-13-18(15-17-9-5-4-6-10-17)22(19,24)20-11-7-8-12-21(20)25-3/h4-12,15,19,24H,13-14,16H2,1-3H3. The van der Waals surface area contributed by atoms with Crippen LogP contribution in [0.1, 0.15) is 24.0 Å².